The van der Waals surface area contributed by atoms with E-state index >= 15 is 0 Å². The van der Waals surface area contributed by atoms with E-state index in [2.05, 4.69) is 0 Å². The maximum absolute atomic E-state index is 11.8. The monoisotopic (exact) mass is 266 g/mol. The first kappa shape index (κ1) is 15.3. The molecule has 0 aliphatic heterocycles. The number of ether oxygens (including phenoxy) is 3. The van der Waals surface area contributed by atoms with Gasteiger partial charge >= 0.3 is 5.97 Å². The molecular formula is C15H22O4. The van der Waals surface area contributed by atoms with E-state index in [9.17, 15) is 4.79 Å². The lowest BCUT2D eigenvalue weighted by Gasteiger charge is -2.18. The van der Waals surface area contributed by atoms with Gasteiger partial charge in [-0.1, -0.05) is 19.4 Å². The molecular weight excluding hydrogens is 244 g/mol. The normalized spacial score (nSPS) is 11.8. The van der Waals surface area contributed by atoms with Gasteiger partial charge in [0.25, 0.3) is 0 Å². The lowest BCUT2D eigenvalue weighted by molar-refractivity contribution is -0.151. The summed E-state index contributed by atoms with van der Waals surface area (Å²) < 4.78 is 16.0. The molecule has 0 aromatic heterocycles. The lowest BCUT2D eigenvalue weighted by atomic mass is 10.2. The number of aryl methyl sites for hydroxylation is 1. The third-order valence-corrected chi connectivity index (χ3v) is 2.69. The summed E-state index contributed by atoms with van der Waals surface area (Å²) >= 11 is 0. The highest BCUT2D eigenvalue weighted by molar-refractivity contribution is 5.75. The van der Waals surface area contributed by atoms with Crippen molar-refractivity contribution in [2.75, 3.05) is 13.7 Å². The minimum atomic E-state index is -0.582. The summed E-state index contributed by atoms with van der Waals surface area (Å²) in [4.78, 5) is 11.8. The summed E-state index contributed by atoms with van der Waals surface area (Å²) in [6.45, 7) is 6.12. The Morgan fingerprint density at radius 2 is 2.00 bits per heavy atom. The molecule has 0 bridgehead atoms. The van der Waals surface area contributed by atoms with Crippen molar-refractivity contribution in [2.24, 2.45) is 0 Å². The molecule has 0 amide bonds. The van der Waals surface area contributed by atoms with Crippen LogP contribution in [0.25, 0.3) is 0 Å². The predicted octanol–water partition coefficient (Wildman–Crippen LogP) is 3.11. The summed E-state index contributed by atoms with van der Waals surface area (Å²) in [5.74, 6) is 0.872. The van der Waals surface area contributed by atoms with Crippen molar-refractivity contribution in [1.29, 1.82) is 0 Å². The minimum Gasteiger partial charge on any atom is -0.493 e. The maximum Gasteiger partial charge on any atom is 0.347 e. The number of carbonyl (C=O) groups is 1. The van der Waals surface area contributed by atoms with Crippen LogP contribution < -0.4 is 9.47 Å². The maximum atomic E-state index is 11.8. The zero-order valence-electron chi connectivity index (χ0n) is 12.1. The second-order valence-electron chi connectivity index (χ2n) is 4.30. The van der Waals surface area contributed by atoms with E-state index in [-0.39, 0.29) is 5.97 Å². The van der Waals surface area contributed by atoms with Crippen LogP contribution in [0.3, 0.4) is 0 Å². The number of benzene rings is 1. The second kappa shape index (κ2) is 7.67. The fraction of sp³-hybridized carbons (Fsp3) is 0.533. The Bertz CT molecular complexity index is 415. The Hall–Kier alpha value is -1.71. The summed E-state index contributed by atoms with van der Waals surface area (Å²) in [7, 11) is 1.58. The van der Waals surface area contributed by atoms with Crippen LogP contribution in [0.4, 0.5) is 0 Å². The van der Waals surface area contributed by atoms with Crippen LogP contribution in [-0.4, -0.2) is 25.8 Å². The third-order valence-electron chi connectivity index (χ3n) is 2.69. The molecule has 4 heteroatoms. The molecule has 1 aromatic rings. The molecule has 1 aromatic carbocycles. The van der Waals surface area contributed by atoms with Gasteiger partial charge in [-0.2, -0.15) is 0 Å². The molecule has 1 atom stereocenters. The van der Waals surface area contributed by atoms with Gasteiger partial charge in [0.2, 0.25) is 0 Å². The molecule has 106 valence electrons. The average molecular weight is 266 g/mol. The number of methoxy groups -OCH3 is 1. The van der Waals surface area contributed by atoms with Crippen molar-refractivity contribution in [3.63, 3.8) is 0 Å². The molecule has 0 spiro atoms. The van der Waals surface area contributed by atoms with Crippen LogP contribution in [0.1, 0.15) is 32.3 Å². The highest BCUT2D eigenvalue weighted by Crippen LogP contribution is 2.29. The average Bonchev–Trinajstić information content (AvgIpc) is 2.40. The summed E-state index contributed by atoms with van der Waals surface area (Å²) in [5.41, 5.74) is 1.08. The zero-order valence-corrected chi connectivity index (χ0v) is 12.1. The number of hydrogen-bond acceptors (Lipinski definition) is 4. The van der Waals surface area contributed by atoms with Gasteiger partial charge in [0.05, 0.1) is 13.7 Å². The fourth-order valence-electron chi connectivity index (χ4n) is 1.75. The van der Waals surface area contributed by atoms with Crippen molar-refractivity contribution < 1.29 is 19.0 Å². The van der Waals surface area contributed by atoms with Gasteiger partial charge in [-0.25, -0.2) is 4.79 Å². The van der Waals surface area contributed by atoms with Crippen molar-refractivity contribution >= 4 is 5.97 Å². The SMILES string of the molecule is CCCC(Oc1ccc(C)cc1OC)C(=O)OCC. The molecule has 0 radical (unpaired) electrons. The van der Waals surface area contributed by atoms with Crippen LogP contribution in [0.5, 0.6) is 11.5 Å². The first-order valence-electron chi connectivity index (χ1n) is 6.60. The fourth-order valence-corrected chi connectivity index (χ4v) is 1.75. The molecule has 0 saturated carbocycles. The van der Waals surface area contributed by atoms with Crippen molar-refractivity contribution in [3.05, 3.63) is 23.8 Å². The van der Waals surface area contributed by atoms with Gasteiger partial charge in [-0.3, -0.25) is 0 Å². The Balaban J connectivity index is 2.86. The first-order valence-corrected chi connectivity index (χ1v) is 6.60. The predicted molar refractivity (Wildman–Crippen MR) is 73.7 cm³/mol. The van der Waals surface area contributed by atoms with Gasteiger partial charge in [0.15, 0.2) is 17.6 Å². The van der Waals surface area contributed by atoms with Crippen LogP contribution in [-0.2, 0) is 9.53 Å². The first-order chi connectivity index (χ1) is 9.12. The molecule has 0 saturated heterocycles. The largest absolute Gasteiger partial charge is 0.493 e. The van der Waals surface area contributed by atoms with Crippen molar-refractivity contribution in [1.82, 2.24) is 0 Å². The topological polar surface area (TPSA) is 44.8 Å². The lowest BCUT2D eigenvalue weighted by Crippen LogP contribution is -2.29. The van der Waals surface area contributed by atoms with E-state index in [1.54, 1.807) is 14.0 Å². The number of hydrogen-bond donors (Lipinski definition) is 0. The Kier molecular flexibility index (Phi) is 6.19. The quantitative estimate of drug-likeness (QED) is 0.711. The summed E-state index contributed by atoms with van der Waals surface area (Å²) in [5, 5.41) is 0. The van der Waals surface area contributed by atoms with Gasteiger partial charge in [-0.05, 0) is 38.0 Å². The van der Waals surface area contributed by atoms with Crippen LogP contribution in [0.15, 0.2) is 18.2 Å². The molecule has 0 aliphatic carbocycles. The zero-order chi connectivity index (χ0) is 14.3. The second-order valence-corrected chi connectivity index (χ2v) is 4.30. The molecule has 4 nitrogen and oxygen atoms in total. The molecule has 19 heavy (non-hydrogen) atoms. The summed E-state index contributed by atoms with van der Waals surface area (Å²) in [6.07, 6.45) is 0.884. The van der Waals surface area contributed by atoms with Gasteiger partial charge in [0, 0.05) is 0 Å². The van der Waals surface area contributed by atoms with Crippen LogP contribution >= 0.6 is 0 Å². The molecule has 1 unspecified atom stereocenters. The minimum absolute atomic E-state index is 0.327. The van der Waals surface area contributed by atoms with Crippen LogP contribution in [0.2, 0.25) is 0 Å². The number of carbonyl (C=O) groups excluding carboxylic acids is 1. The highest BCUT2D eigenvalue weighted by Gasteiger charge is 2.22. The van der Waals surface area contributed by atoms with E-state index in [1.165, 1.54) is 0 Å². The smallest absolute Gasteiger partial charge is 0.347 e. The molecule has 0 N–H and O–H groups in total. The van der Waals surface area contributed by atoms with Crippen molar-refractivity contribution in [2.45, 2.75) is 39.7 Å². The summed E-state index contributed by atoms with van der Waals surface area (Å²) in [6, 6.07) is 5.62. The number of esters is 1. The van der Waals surface area contributed by atoms with Gasteiger partial charge in [-0.15, -0.1) is 0 Å². The Morgan fingerprint density at radius 3 is 2.58 bits per heavy atom. The van der Waals surface area contributed by atoms with Gasteiger partial charge < -0.3 is 14.2 Å². The van der Waals surface area contributed by atoms with E-state index in [1.807, 2.05) is 32.0 Å². The van der Waals surface area contributed by atoms with E-state index < -0.39 is 6.10 Å². The number of rotatable bonds is 7. The molecule has 0 aliphatic rings. The van der Waals surface area contributed by atoms with E-state index in [4.69, 9.17) is 14.2 Å². The highest BCUT2D eigenvalue weighted by atomic mass is 16.6. The molecule has 0 heterocycles. The molecule has 0 fully saturated rings. The van der Waals surface area contributed by atoms with Crippen molar-refractivity contribution in [3.8, 4) is 11.5 Å². The van der Waals surface area contributed by atoms with Gasteiger partial charge in [0.1, 0.15) is 0 Å². The van der Waals surface area contributed by atoms with E-state index in [0.29, 0.717) is 24.5 Å². The standard InChI is InChI=1S/C15H22O4/c1-5-7-13(15(16)18-6-2)19-12-9-8-11(3)10-14(12)17-4/h8-10,13H,5-7H2,1-4H3. The molecule has 1 rings (SSSR count). The Morgan fingerprint density at radius 1 is 1.26 bits per heavy atom. The van der Waals surface area contributed by atoms with Crippen LogP contribution in [0, 0.1) is 6.92 Å². The van der Waals surface area contributed by atoms with E-state index in [0.717, 1.165) is 12.0 Å². The Labute approximate surface area is 114 Å². The third kappa shape index (κ3) is 4.47.